The number of carbonyl (C=O) groups excluding carboxylic acids is 4. The summed E-state index contributed by atoms with van der Waals surface area (Å²) in [6.45, 7) is 32.4. The Labute approximate surface area is 596 Å². The molecule has 0 radical (unpaired) electrons. The van der Waals surface area contributed by atoms with Crippen LogP contribution in [0.1, 0.15) is 199 Å². The third-order valence-electron chi connectivity index (χ3n) is 19.6. The number of benzene rings is 3. The average Bonchev–Trinajstić information content (AvgIpc) is 1.44. The van der Waals surface area contributed by atoms with Gasteiger partial charge in [-0.1, -0.05) is 12.1 Å². The number of rotatable bonds is 17. The van der Waals surface area contributed by atoms with Crippen molar-refractivity contribution in [1.82, 2.24) is 19.9 Å². The van der Waals surface area contributed by atoms with Crippen LogP contribution in [0.2, 0.25) is 0 Å². The Balaban J connectivity index is 0.000000180. The smallest absolute Gasteiger partial charge is 0.312 e. The topological polar surface area (TPSA) is 334 Å². The van der Waals surface area contributed by atoms with Crippen molar-refractivity contribution in [3.8, 4) is 11.8 Å². The van der Waals surface area contributed by atoms with E-state index in [4.69, 9.17) is 40.4 Å². The van der Waals surface area contributed by atoms with E-state index in [2.05, 4.69) is 38.0 Å². The summed E-state index contributed by atoms with van der Waals surface area (Å²) in [5.41, 5.74) is 10.7. The van der Waals surface area contributed by atoms with Gasteiger partial charge in [0.15, 0.2) is 11.6 Å². The number of hydrogen-bond acceptors (Lipinski definition) is 23. The van der Waals surface area contributed by atoms with Gasteiger partial charge < -0.3 is 30.4 Å². The van der Waals surface area contributed by atoms with E-state index in [1.54, 1.807) is 128 Å². The SMILES string of the molecule is CC(C)(C)OC(=O)CC1=N[C@](C)(c2cc(N)ccc2F)[C@@H]2CCN=[S@]2(=O)C1(C)C.CCOc1cnc(C(=O)Cc2ccc(F)c([C@@]3(C)N=C(CC(=O)OC(C)(C)C)C(C)(C)[S@@]4(=O)=NCC[C@@H]34)c2)cn1.CCOc1cnc(C(=O)Cc2ccc(F)c([C@@]3(C)N=C(N)C(C)(C)[S@@]4(=O)=NCC[C@@H]34)c2)cn1. The Morgan fingerprint density at radius 3 is 1.17 bits per heavy atom. The number of anilines is 1. The molecule has 6 aliphatic rings. The summed E-state index contributed by atoms with van der Waals surface area (Å²) in [5, 5.41) is -1.52. The lowest BCUT2D eigenvalue weighted by molar-refractivity contribution is -0.154. The van der Waals surface area contributed by atoms with Gasteiger partial charge >= 0.3 is 11.9 Å². The van der Waals surface area contributed by atoms with Crippen molar-refractivity contribution in [1.29, 1.82) is 0 Å². The molecule has 4 N–H and O–H groups in total. The zero-order valence-corrected chi connectivity index (χ0v) is 63.6. The Morgan fingerprint density at radius 2 is 0.824 bits per heavy atom. The van der Waals surface area contributed by atoms with Crippen LogP contribution in [0.5, 0.6) is 11.8 Å². The maximum atomic E-state index is 15.6. The van der Waals surface area contributed by atoms with Crippen LogP contribution in [0.4, 0.5) is 18.9 Å². The zero-order chi connectivity index (χ0) is 75.4. The molecule has 0 unspecified atom stereocenters. The highest BCUT2D eigenvalue weighted by molar-refractivity contribution is 7.97. The second-order valence-electron chi connectivity index (χ2n) is 30.1. The molecule has 0 saturated carbocycles. The fourth-order valence-corrected chi connectivity index (χ4v) is 23.8. The number of nitrogen functional groups attached to an aromatic ring is 1. The van der Waals surface area contributed by atoms with Gasteiger partial charge in [-0.25, -0.2) is 58.8 Å². The summed E-state index contributed by atoms with van der Waals surface area (Å²) < 4.78 is 120. The minimum absolute atomic E-state index is 0.00112. The summed E-state index contributed by atoms with van der Waals surface area (Å²) in [4.78, 5) is 82.1. The van der Waals surface area contributed by atoms with Gasteiger partial charge in [0.05, 0.1) is 105 Å². The van der Waals surface area contributed by atoms with Crippen LogP contribution in [0.25, 0.3) is 0 Å². The number of carbonyl (C=O) groups is 4. The lowest BCUT2D eigenvalue weighted by Gasteiger charge is -2.46. The molecule has 0 amide bonds. The summed E-state index contributed by atoms with van der Waals surface area (Å²) in [7, 11) is -8.55. The lowest BCUT2D eigenvalue weighted by Crippen LogP contribution is -2.58. The molecule has 9 atom stereocenters. The van der Waals surface area contributed by atoms with E-state index in [9.17, 15) is 36.2 Å². The third-order valence-corrected chi connectivity index (χ3v) is 30.8. The highest BCUT2D eigenvalue weighted by Crippen LogP contribution is 2.52. The molecule has 8 heterocycles. The van der Waals surface area contributed by atoms with Crippen LogP contribution in [0, 0.1) is 17.5 Å². The first kappa shape index (κ1) is 78.1. The minimum Gasteiger partial charge on any atom is -0.477 e. The fraction of sp³-hybridized carbons (Fsp3) is 0.548. The molecule has 0 saturated heterocycles. The van der Waals surface area contributed by atoms with Crippen molar-refractivity contribution in [2.75, 3.05) is 38.6 Å². The van der Waals surface area contributed by atoms with Gasteiger partial charge in [0.1, 0.15) is 67.2 Å². The van der Waals surface area contributed by atoms with Gasteiger partial charge in [-0.05, 0) is 191 Å². The van der Waals surface area contributed by atoms with Crippen molar-refractivity contribution < 1.29 is 63.9 Å². The van der Waals surface area contributed by atoms with Gasteiger partial charge in [0, 0.05) is 66.3 Å². The minimum atomic E-state index is -2.95. The quantitative estimate of drug-likeness (QED) is 0.0496. The molecule has 6 aliphatic heterocycles. The number of ketones is 2. The Bertz CT molecular complexity index is 4640. The molecule has 0 bridgehead atoms. The Morgan fingerprint density at radius 1 is 0.480 bits per heavy atom. The van der Waals surface area contributed by atoms with Crippen molar-refractivity contribution in [3.05, 3.63) is 136 Å². The van der Waals surface area contributed by atoms with Crippen LogP contribution in [-0.2, 0) is 77.7 Å². The van der Waals surface area contributed by atoms with Crippen LogP contribution < -0.4 is 20.9 Å². The monoisotopic (exact) mass is 1470 g/mol. The van der Waals surface area contributed by atoms with Crippen molar-refractivity contribution >= 4 is 75.6 Å². The molecule has 23 nitrogen and oxygen atoms in total. The van der Waals surface area contributed by atoms with Crippen LogP contribution in [-0.4, -0.2) is 147 Å². The normalized spacial score (nSPS) is 27.8. The first-order valence-electron chi connectivity index (χ1n) is 34.0. The molecule has 0 spiro atoms. The molecule has 0 aliphatic carbocycles. The predicted molar refractivity (Wildman–Crippen MR) is 389 cm³/mol. The number of halogens is 3. The molecule has 2 aromatic heterocycles. The zero-order valence-electron chi connectivity index (χ0n) is 61.2. The van der Waals surface area contributed by atoms with Gasteiger partial charge in [-0.15, -0.1) is 0 Å². The molecule has 29 heteroatoms. The Hall–Kier alpha value is -8.05. The second-order valence-corrected chi connectivity index (χ2v) is 39.1. The number of Topliss-reactive ketones (excluding diaryl/α,β-unsaturated/α-hetero) is 2. The van der Waals surface area contributed by atoms with Gasteiger partial charge in [0.25, 0.3) is 0 Å². The van der Waals surface area contributed by atoms with E-state index < -0.39 is 116 Å². The van der Waals surface area contributed by atoms with E-state index in [1.165, 1.54) is 55.1 Å². The van der Waals surface area contributed by atoms with E-state index in [-0.39, 0.29) is 71.2 Å². The maximum absolute atomic E-state index is 15.6. The molecular weight excluding hydrogens is 1370 g/mol. The third kappa shape index (κ3) is 14.9. The second kappa shape index (κ2) is 28.5. The Kier molecular flexibility index (Phi) is 21.8. The number of nitrogens with two attached hydrogens (primary N) is 2. The molecule has 11 rings (SSSR count). The van der Waals surface area contributed by atoms with Crippen molar-refractivity contribution in [2.45, 2.75) is 220 Å². The standard InChI is InChI=1S/C29H37FN4O5S.C23H28FN5O3S.C21H30FN3O3S/c1-8-38-25-17-31-21(16-32-25)22(35)14-18-9-10-20(30)19(13-18)29(7)24-11-12-33-40(24,37)28(5,6)23(34-29)15-26(36)39-27(2,3)4;1-5-32-20-13-26-17(12-27-20)18(30)11-14-6-7-16(24)15(10-14)23(4)19-8-9-28-33(19,31)22(2,3)21(25)29-23;1-19(2,3)28-18(26)12-16-20(4,5)29(27)17(9-10-24-29)21(6,25-16)14-11-13(23)7-8-15(14)22/h9-10,13,16-17,24H,8,11-12,14-15H2,1-7H3;6-7,10,12-13,19H,5,8-9,11H2,1-4H3,(H2,25,29);7-8,11,17H,9-10,12,23H2,1-6H3/t24-,29+,40+;19-,23+,33+;17-,21+,29+/m000/s1. The number of aliphatic imine (C=N–C) groups is 3. The molecule has 0 fully saturated rings. The fourth-order valence-electron chi connectivity index (χ4n) is 14.1. The van der Waals surface area contributed by atoms with Crippen molar-refractivity contribution in [2.24, 2.45) is 33.8 Å². The maximum Gasteiger partial charge on any atom is 0.312 e. The summed E-state index contributed by atoms with van der Waals surface area (Å²) in [6.07, 6.45) is 6.68. The number of nitrogens with zero attached hydrogens (tertiary/aromatic N) is 10. The molecule has 102 heavy (non-hydrogen) atoms. The van der Waals surface area contributed by atoms with Gasteiger partial charge in [0.2, 0.25) is 11.8 Å². The number of hydrogen-bond donors (Lipinski definition) is 2. The van der Waals surface area contributed by atoms with E-state index >= 15 is 8.78 Å². The molecule has 5 aromatic rings. The van der Waals surface area contributed by atoms with Crippen LogP contribution in [0.15, 0.2) is 107 Å². The first-order chi connectivity index (χ1) is 47.3. The highest BCUT2D eigenvalue weighted by Gasteiger charge is 2.60. The van der Waals surface area contributed by atoms with Gasteiger partial charge in [-0.3, -0.25) is 34.2 Å². The average molecular weight is 1470 g/mol. The van der Waals surface area contributed by atoms with Crippen LogP contribution in [0.3, 0.4) is 0 Å². The van der Waals surface area contributed by atoms with E-state index in [0.29, 0.717) is 92.1 Å². The van der Waals surface area contributed by atoms with E-state index in [0.717, 1.165) is 0 Å². The van der Waals surface area contributed by atoms with Gasteiger partial charge in [-0.2, -0.15) is 0 Å². The van der Waals surface area contributed by atoms with Crippen LogP contribution >= 0.6 is 0 Å². The largest absolute Gasteiger partial charge is 0.477 e. The van der Waals surface area contributed by atoms with Crippen molar-refractivity contribution in [3.63, 3.8) is 0 Å². The summed E-state index contributed by atoms with van der Waals surface area (Å²) in [5.74, 6) is -2.14. The number of fused-ring (bicyclic) bond motifs is 3. The molecule has 552 valence electrons. The number of esters is 2. The number of amidine groups is 1. The summed E-state index contributed by atoms with van der Waals surface area (Å²) in [6, 6.07) is 13.2. The highest BCUT2D eigenvalue weighted by atomic mass is 32.2. The molecular formula is C73H95F3N12O11S3. The summed E-state index contributed by atoms with van der Waals surface area (Å²) >= 11 is 0. The molecule has 3 aromatic carbocycles. The number of aromatic nitrogens is 4. The number of ether oxygens (including phenoxy) is 4. The van der Waals surface area contributed by atoms with E-state index in [1.807, 2.05) is 13.8 Å². The first-order valence-corrected chi connectivity index (χ1v) is 38.8. The predicted octanol–water partition coefficient (Wildman–Crippen LogP) is 11.7. The lowest BCUT2D eigenvalue weighted by atomic mass is 9.84.